The number of H-pyrrole nitrogens is 2. The summed E-state index contributed by atoms with van der Waals surface area (Å²) in [7, 11) is 0. The maximum absolute atomic E-state index is 4.73. The predicted octanol–water partition coefficient (Wildman–Crippen LogP) is 9.51. The smallest absolute Gasteiger partial charge is 0.116 e. The summed E-state index contributed by atoms with van der Waals surface area (Å²) in [6.45, 7) is 12.6. The molecule has 5 aromatic rings. The minimum Gasteiger partial charge on any atom is -0.359 e. The quantitative estimate of drug-likeness (QED) is 0.175. The van der Waals surface area contributed by atoms with Crippen molar-refractivity contribution in [2.75, 3.05) is 0 Å². The van der Waals surface area contributed by atoms with E-state index in [1.165, 1.54) is 46.4 Å². The highest BCUT2D eigenvalue weighted by atomic mass is 32.1. The van der Waals surface area contributed by atoms with Crippen molar-refractivity contribution >= 4 is 38.7 Å². The zero-order valence-electron chi connectivity index (χ0n) is 22.6. The molecule has 1 aliphatic rings. The first-order valence-corrected chi connectivity index (χ1v) is 14.5. The molecule has 2 aromatic carbocycles. The molecule has 0 spiro atoms. The Hall–Kier alpha value is -4.09. The van der Waals surface area contributed by atoms with Crippen molar-refractivity contribution < 1.29 is 0 Å². The Balaban J connectivity index is 1.35. The fourth-order valence-electron chi connectivity index (χ4n) is 5.68. The van der Waals surface area contributed by atoms with Gasteiger partial charge in [0.1, 0.15) is 5.69 Å². The van der Waals surface area contributed by atoms with Crippen LogP contribution in [0.25, 0.3) is 49.2 Å². The number of allylic oxidation sites excluding steroid dienone is 5. The van der Waals surface area contributed by atoms with Crippen molar-refractivity contribution in [3.63, 3.8) is 0 Å². The molecule has 0 unspecified atom stereocenters. The molecule has 196 valence electrons. The molecule has 3 heterocycles. The molecule has 4 nitrogen and oxygen atoms in total. The lowest BCUT2D eigenvalue weighted by atomic mass is 10.0. The van der Waals surface area contributed by atoms with Gasteiger partial charge in [-0.3, -0.25) is 5.10 Å². The Morgan fingerprint density at radius 2 is 1.90 bits per heavy atom. The molecule has 0 bridgehead atoms. The molecule has 1 aliphatic carbocycles. The van der Waals surface area contributed by atoms with Crippen LogP contribution in [0.1, 0.15) is 43.0 Å². The first-order chi connectivity index (χ1) is 19.0. The molecule has 5 heteroatoms. The summed E-state index contributed by atoms with van der Waals surface area (Å²) < 4.78 is 0. The fraction of sp³-hybridized carbons (Fsp3) is 0.206. The Bertz CT molecular complexity index is 1750. The lowest BCUT2D eigenvalue weighted by Crippen LogP contribution is -2.16. The maximum atomic E-state index is 4.73. The number of hydrogen-bond acceptors (Lipinski definition) is 3. The summed E-state index contributed by atoms with van der Waals surface area (Å²) in [4.78, 5) is 6.22. The molecule has 6 rings (SSSR count). The van der Waals surface area contributed by atoms with Gasteiger partial charge >= 0.3 is 0 Å². The second-order valence-electron chi connectivity index (χ2n) is 10.4. The number of aromatic nitrogens is 3. The largest absolute Gasteiger partial charge is 0.359 e. The Morgan fingerprint density at radius 1 is 1.05 bits per heavy atom. The first-order valence-electron chi connectivity index (χ1n) is 13.7. The normalized spacial score (nSPS) is 14.9. The van der Waals surface area contributed by atoms with Crippen molar-refractivity contribution in [3.05, 3.63) is 108 Å². The first kappa shape index (κ1) is 25.2. The van der Waals surface area contributed by atoms with E-state index in [9.17, 15) is 0 Å². The van der Waals surface area contributed by atoms with Crippen molar-refractivity contribution in [1.82, 2.24) is 20.5 Å². The van der Waals surface area contributed by atoms with Crippen LogP contribution in [0.2, 0.25) is 0 Å². The standard InChI is InChI=1S/C34H34N4S/c1-5-23(18-26(6-2)35-22(4)24-10-7-8-11-24)25-15-16-31-29(19-25)34(38-37-31)32-20-28-27(12-9-13-30(28)36-32)33-17-14-21(3)39-33/h5-6,9,12-20,24,35-36H,2,4,7-8,10-11H2,1,3H3,(H,37,38)/b23-5+,26-18+. The summed E-state index contributed by atoms with van der Waals surface area (Å²) in [5.74, 6) is 0.549. The molecular formula is C34H34N4S. The molecule has 3 N–H and O–H groups in total. The van der Waals surface area contributed by atoms with Gasteiger partial charge in [0, 0.05) is 43.0 Å². The van der Waals surface area contributed by atoms with Gasteiger partial charge in [-0.15, -0.1) is 11.3 Å². The monoisotopic (exact) mass is 530 g/mol. The SMILES string of the molecule is C=C/C(=C\C(=C/C)c1ccc2[nH]nc(-c3cc4c(-c5ccc(C)s5)cccc4[nH]3)c2c1)NC(=C)C1CCCC1. The van der Waals surface area contributed by atoms with E-state index in [2.05, 4.69) is 109 Å². The van der Waals surface area contributed by atoms with E-state index in [0.717, 1.165) is 50.3 Å². The molecule has 3 aromatic heterocycles. The van der Waals surface area contributed by atoms with Crippen LogP contribution in [-0.2, 0) is 0 Å². The average molecular weight is 531 g/mol. The van der Waals surface area contributed by atoms with Crippen molar-refractivity contribution in [1.29, 1.82) is 0 Å². The van der Waals surface area contributed by atoms with Gasteiger partial charge in [-0.05, 0) is 92.3 Å². The van der Waals surface area contributed by atoms with Crippen LogP contribution in [0.15, 0.2) is 97.4 Å². The lowest BCUT2D eigenvalue weighted by Gasteiger charge is -2.17. The molecule has 1 saturated carbocycles. The highest BCUT2D eigenvalue weighted by molar-refractivity contribution is 7.15. The Morgan fingerprint density at radius 3 is 2.64 bits per heavy atom. The zero-order valence-corrected chi connectivity index (χ0v) is 23.4. The highest BCUT2D eigenvalue weighted by Gasteiger charge is 2.19. The number of aryl methyl sites for hydroxylation is 1. The number of fused-ring (bicyclic) bond motifs is 2. The molecule has 0 saturated heterocycles. The van der Waals surface area contributed by atoms with E-state index in [0.29, 0.717) is 5.92 Å². The highest BCUT2D eigenvalue weighted by Crippen LogP contribution is 2.37. The molecule has 0 atom stereocenters. The number of benzene rings is 2. The number of thiophene rings is 1. The molecule has 0 radical (unpaired) electrons. The van der Waals surface area contributed by atoms with Gasteiger partial charge in [0.15, 0.2) is 0 Å². The summed E-state index contributed by atoms with van der Waals surface area (Å²) >= 11 is 1.82. The van der Waals surface area contributed by atoms with Gasteiger partial charge in [-0.1, -0.05) is 50.3 Å². The van der Waals surface area contributed by atoms with Gasteiger partial charge in [0.2, 0.25) is 0 Å². The zero-order chi connectivity index (χ0) is 26.9. The van der Waals surface area contributed by atoms with Gasteiger partial charge in [-0.2, -0.15) is 5.10 Å². The summed E-state index contributed by atoms with van der Waals surface area (Å²) in [5.41, 5.74) is 9.62. The van der Waals surface area contributed by atoms with Crippen LogP contribution < -0.4 is 5.32 Å². The fourth-order valence-corrected chi connectivity index (χ4v) is 6.59. The number of rotatable bonds is 8. The second kappa shape index (κ2) is 10.6. The topological polar surface area (TPSA) is 56.5 Å². The van der Waals surface area contributed by atoms with E-state index in [4.69, 9.17) is 5.10 Å². The molecule has 39 heavy (non-hydrogen) atoms. The third-order valence-electron chi connectivity index (χ3n) is 7.82. The average Bonchev–Trinajstić information content (AvgIpc) is 3.76. The Kier molecular flexibility index (Phi) is 6.84. The minimum absolute atomic E-state index is 0.549. The van der Waals surface area contributed by atoms with Crippen LogP contribution in [-0.4, -0.2) is 15.2 Å². The summed E-state index contributed by atoms with van der Waals surface area (Å²) in [5, 5.41) is 13.8. The second-order valence-corrected chi connectivity index (χ2v) is 11.7. The third kappa shape index (κ3) is 4.90. The summed E-state index contributed by atoms with van der Waals surface area (Å²) in [6.07, 6.45) is 11.2. The van der Waals surface area contributed by atoms with Crippen LogP contribution >= 0.6 is 11.3 Å². The van der Waals surface area contributed by atoms with Crippen molar-refractivity contribution in [3.8, 4) is 21.8 Å². The van der Waals surface area contributed by atoms with E-state index >= 15 is 0 Å². The van der Waals surface area contributed by atoms with E-state index in [1.807, 2.05) is 17.4 Å². The van der Waals surface area contributed by atoms with E-state index < -0.39 is 0 Å². The van der Waals surface area contributed by atoms with Crippen LogP contribution in [0, 0.1) is 12.8 Å². The Labute approximate surface area is 233 Å². The van der Waals surface area contributed by atoms with Crippen LogP contribution in [0.5, 0.6) is 0 Å². The maximum Gasteiger partial charge on any atom is 0.116 e. The van der Waals surface area contributed by atoms with Crippen molar-refractivity contribution in [2.24, 2.45) is 5.92 Å². The minimum atomic E-state index is 0.549. The van der Waals surface area contributed by atoms with Crippen LogP contribution in [0.3, 0.4) is 0 Å². The predicted molar refractivity (Wildman–Crippen MR) is 168 cm³/mol. The van der Waals surface area contributed by atoms with Gasteiger partial charge < -0.3 is 10.3 Å². The van der Waals surface area contributed by atoms with Crippen LogP contribution in [0.4, 0.5) is 0 Å². The molecule has 1 fully saturated rings. The number of aromatic amines is 2. The van der Waals surface area contributed by atoms with Gasteiger partial charge in [0.05, 0.1) is 11.2 Å². The number of nitrogens with zero attached hydrogens (tertiary/aromatic N) is 1. The molecular weight excluding hydrogens is 496 g/mol. The number of nitrogens with one attached hydrogen (secondary N) is 3. The third-order valence-corrected chi connectivity index (χ3v) is 8.85. The summed E-state index contributed by atoms with van der Waals surface area (Å²) in [6, 6.07) is 19.5. The van der Waals surface area contributed by atoms with Gasteiger partial charge in [0.25, 0.3) is 0 Å². The number of hydrogen-bond donors (Lipinski definition) is 3. The van der Waals surface area contributed by atoms with Crippen molar-refractivity contribution in [2.45, 2.75) is 39.5 Å². The van der Waals surface area contributed by atoms with E-state index in [-0.39, 0.29) is 0 Å². The van der Waals surface area contributed by atoms with Gasteiger partial charge in [-0.25, -0.2) is 0 Å². The van der Waals surface area contributed by atoms with E-state index in [1.54, 1.807) is 0 Å². The molecule has 0 aliphatic heterocycles. The molecule has 0 amide bonds. The lowest BCUT2D eigenvalue weighted by molar-refractivity contribution is 0.607.